The number of hydrogen-bond acceptors (Lipinski definition) is 5. The van der Waals surface area contributed by atoms with Gasteiger partial charge in [0, 0.05) is 10.5 Å². The molecule has 0 amide bonds. The number of hydrogen-bond donors (Lipinski definition) is 0. The first-order chi connectivity index (χ1) is 11.0. The molecule has 0 heterocycles. The van der Waals surface area contributed by atoms with Crippen molar-refractivity contribution in [1.29, 1.82) is 0 Å². The van der Waals surface area contributed by atoms with Crippen LogP contribution in [-0.2, 0) is 0 Å². The summed E-state index contributed by atoms with van der Waals surface area (Å²) in [5.74, 6) is 0.0176. The van der Waals surface area contributed by atoms with Crippen molar-refractivity contribution in [1.82, 2.24) is 0 Å². The molecule has 0 spiro atoms. The van der Waals surface area contributed by atoms with E-state index in [4.69, 9.17) is 9.47 Å². The fraction of sp³-hybridized carbons (Fsp3) is 0.0625. The van der Waals surface area contributed by atoms with Crippen LogP contribution >= 0.6 is 15.9 Å². The predicted molar refractivity (Wildman–Crippen MR) is 88.1 cm³/mol. The average Bonchev–Trinajstić information content (AvgIpc) is 2.54. The van der Waals surface area contributed by atoms with Gasteiger partial charge < -0.3 is 9.47 Å². The Bertz CT molecular complexity index is 756. The Morgan fingerprint density at radius 3 is 2.48 bits per heavy atom. The van der Waals surface area contributed by atoms with E-state index in [1.807, 2.05) is 0 Å². The molecule has 2 aromatic carbocycles. The van der Waals surface area contributed by atoms with Crippen LogP contribution in [0.4, 0.5) is 0 Å². The zero-order chi connectivity index (χ0) is 16.8. The number of carbonyl (C=O) groups excluding carboxylic acids is 1. The molecule has 0 radical (unpaired) electrons. The van der Waals surface area contributed by atoms with Gasteiger partial charge in [0.05, 0.1) is 17.6 Å². The van der Waals surface area contributed by atoms with Crippen molar-refractivity contribution in [3.63, 3.8) is 0 Å². The maximum atomic E-state index is 12.1. The van der Waals surface area contributed by atoms with Gasteiger partial charge in [0.25, 0.3) is 0 Å². The Balaban J connectivity index is 2.20. The van der Waals surface area contributed by atoms with Crippen LogP contribution in [0.5, 0.6) is 11.5 Å². The highest BCUT2D eigenvalue weighted by Crippen LogP contribution is 2.29. The number of nitrogens with zero attached hydrogens (tertiary/aromatic N) is 1. The minimum Gasteiger partial charge on any atom is -0.493 e. The van der Waals surface area contributed by atoms with E-state index >= 15 is 0 Å². The minimum atomic E-state index is -0.562. The number of esters is 1. The fourth-order valence-corrected chi connectivity index (χ4v) is 2.03. The molecule has 6 nitrogen and oxygen atoms in total. The molecule has 2 rings (SSSR count). The molecule has 0 bridgehead atoms. The molecule has 0 saturated carbocycles. The topological polar surface area (TPSA) is 78.7 Å². The van der Waals surface area contributed by atoms with E-state index in [0.717, 1.165) is 10.7 Å². The summed E-state index contributed by atoms with van der Waals surface area (Å²) in [6, 6.07) is 11.4. The molecule has 0 unspecified atom stereocenters. The summed E-state index contributed by atoms with van der Waals surface area (Å²) in [6.07, 6.45) is 2.14. The number of methoxy groups -OCH3 is 1. The standard InChI is InChI=1S/C16H12BrNO5/c1-22-15-10-11(8-9-18(20)21)2-7-14(15)23-16(19)12-3-5-13(17)6-4-12/h2-10H,1H3. The summed E-state index contributed by atoms with van der Waals surface area (Å²) in [7, 11) is 1.42. The average molecular weight is 378 g/mol. The van der Waals surface area contributed by atoms with Crippen LogP contribution in [0.3, 0.4) is 0 Å². The van der Waals surface area contributed by atoms with Crippen LogP contribution in [0.1, 0.15) is 15.9 Å². The molecular weight excluding hydrogens is 366 g/mol. The van der Waals surface area contributed by atoms with Crippen LogP contribution in [0.2, 0.25) is 0 Å². The van der Waals surface area contributed by atoms with Crippen molar-refractivity contribution in [2.24, 2.45) is 0 Å². The molecule has 23 heavy (non-hydrogen) atoms. The van der Waals surface area contributed by atoms with Gasteiger partial charge in [-0.1, -0.05) is 22.0 Å². The number of nitro groups is 1. The summed E-state index contributed by atoms with van der Waals surface area (Å²) >= 11 is 3.29. The first-order valence-electron chi connectivity index (χ1n) is 6.47. The third-order valence-electron chi connectivity index (χ3n) is 2.86. The zero-order valence-electron chi connectivity index (χ0n) is 12.1. The lowest BCUT2D eigenvalue weighted by atomic mass is 10.2. The van der Waals surface area contributed by atoms with Gasteiger partial charge in [0.15, 0.2) is 11.5 Å². The number of ether oxygens (including phenoxy) is 2. The van der Waals surface area contributed by atoms with Gasteiger partial charge in [0.1, 0.15) is 0 Å². The first kappa shape index (κ1) is 16.7. The molecule has 0 aliphatic rings. The molecule has 7 heteroatoms. The molecule has 0 aliphatic carbocycles. The van der Waals surface area contributed by atoms with Gasteiger partial charge in [-0.2, -0.15) is 0 Å². The normalized spacial score (nSPS) is 10.5. The van der Waals surface area contributed by atoms with E-state index in [1.54, 1.807) is 36.4 Å². The highest BCUT2D eigenvalue weighted by atomic mass is 79.9. The second-order valence-electron chi connectivity index (χ2n) is 4.41. The first-order valence-corrected chi connectivity index (χ1v) is 7.26. The van der Waals surface area contributed by atoms with Crippen LogP contribution in [0.25, 0.3) is 6.08 Å². The van der Waals surface area contributed by atoms with Gasteiger partial charge in [-0.25, -0.2) is 4.79 Å². The Kier molecular flexibility index (Phi) is 5.48. The lowest BCUT2D eigenvalue weighted by Gasteiger charge is -2.10. The summed E-state index contributed by atoms with van der Waals surface area (Å²) in [5, 5.41) is 10.3. The van der Waals surface area contributed by atoms with Crippen molar-refractivity contribution >= 4 is 28.0 Å². The summed E-state index contributed by atoms with van der Waals surface area (Å²) in [6.45, 7) is 0. The van der Waals surface area contributed by atoms with Crippen molar-refractivity contribution in [3.8, 4) is 11.5 Å². The summed E-state index contributed by atoms with van der Waals surface area (Å²) in [4.78, 5) is 21.9. The molecule has 0 N–H and O–H groups in total. The number of benzene rings is 2. The Labute approximate surface area is 140 Å². The molecule has 118 valence electrons. The second-order valence-corrected chi connectivity index (χ2v) is 5.32. The van der Waals surface area contributed by atoms with E-state index < -0.39 is 10.9 Å². The van der Waals surface area contributed by atoms with Crippen LogP contribution in [0, 0.1) is 10.1 Å². The number of carbonyl (C=O) groups is 1. The van der Waals surface area contributed by atoms with Gasteiger partial charge in [-0.05, 0) is 42.0 Å². The maximum absolute atomic E-state index is 12.1. The van der Waals surface area contributed by atoms with Gasteiger partial charge in [-0.15, -0.1) is 0 Å². The smallest absolute Gasteiger partial charge is 0.343 e. The number of rotatable bonds is 5. The Morgan fingerprint density at radius 1 is 1.17 bits per heavy atom. The lowest BCUT2D eigenvalue weighted by molar-refractivity contribution is -0.400. The van der Waals surface area contributed by atoms with Crippen LogP contribution in [-0.4, -0.2) is 18.0 Å². The van der Waals surface area contributed by atoms with E-state index in [-0.39, 0.29) is 5.75 Å². The van der Waals surface area contributed by atoms with Crippen molar-refractivity contribution in [2.45, 2.75) is 0 Å². The summed E-state index contributed by atoms with van der Waals surface area (Å²) < 4.78 is 11.3. The SMILES string of the molecule is COc1cc(C=C[N+](=O)[O-])ccc1OC(=O)c1ccc(Br)cc1. The summed E-state index contributed by atoms with van der Waals surface area (Å²) in [5.41, 5.74) is 0.953. The minimum absolute atomic E-state index is 0.235. The van der Waals surface area contributed by atoms with Gasteiger partial charge >= 0.3 is 5.97 Å². The van der Waals surface area contributed by atoms with Crippen molar-refractivity contribution in [3.05, 3.63) is 74.4 Å². The Morgan fingerprint density at radius 2 is 1.87 bits per heavy atom. The fourth-order valence-electron chi connectivity index (χ4n) is 1.76. The molecule has 0 fully saturated rings. The van der Waals surface area contributed by atoms with E-state index in [2.05, 4.69) is 15.9 Å². The predicted octanol–water partition coefficient (Wildman–Crippen LogP) is 3.92. The monoisotopic (exact) mass is 377 g/mol. The third kappa shape index (κ3) is 4.65. The molecule has 0 saturated heterocycles. The molecule has 0 atom stereocenters. The maximum Gasteiger partial charge on any atom is 0.343 e. The molecule has 2 aromatic rings. The third-order valence-corrected chi connectivity index (χ3v) is 3.39. The van der Waals surface area contributed by atoms with Gasteiger partial charge in [-0.3, -0.25) is 10.1 Å². The number of halogens is 1. The van der Waals surface area contributed by atoms with E-state index in [0.29, 0.717) is 16.9 Å². The quantitative estimate of drug-likeness (QED) is 0.341. The zero-order valence-corrected chi connectivity index (χ0v) is 13.6. The molecular formula is C16H12BrNO5. The Hall–Kier alpha value is -2.67. The van der Waals surface area contributed by atoms with Crippen LogP contribution in [0.15, 0.2) is 53.1 Å². The second kappa shape index (κ2) is 7.55. The van der Waals surface area contributed by atoms with E-state index in [1.165, 1.54) is 19.3 Å². The van der Waals surface area contributed by atoms with E-state index in [9.17, 15) is 14.9 Å². The molecule has 0 aromatic heterocycles. The highest BCUT2D eigenvalue weighted by Gasteiger charge is 2.12. The molecule has 0 aliphatic heterocycles. The highest BCUT2D eigenvalue weighted by molar-refractivity contribution is 9.10. The van der Waals surface area contributed by atoms with Crippen LogP contribution < -0.4 is 9.47 Å². The largest absolute Gasteiger partial charge is 0.493 e. The lowest BCUT2D eigenvalue weighted by Crippen LogP contribution is -2.09. The van der Waals surface area contributed by atoms with Crippen molar-refractivity contribution in [2.75, 3.05) is 7.11 Å². The van der Waals surface area contributed by atoms with Crippen molar-refractivity contribution < 1.29 is 19.2 Å². The van der Waals surface area contributed by atoms with Gasteiger partial charge in [0.2, 0.25) is 6.20 Å².